The molecule has 108 valence electrons. The smallest absolute Gasteiger partial charge is 0.139 e. The van der Waals surface area contributed by atoms with Crippen LogP contribution >= 0.6 is 11.8 Å². The summed E-state index contributed by atoms with van der Waals surface area (Å²) in [5, 5.41) is 1.15. The Morgan fingerprint density at radius 3 is 2.86 bits per heavy atom. The van der Waals surface area contributed by atoms with Crippen LogP contribution in [-0.4, -0.2) is 29.3 Å². The SMILES string of the molecule is C#CCC1CCN(c2ncnc3ccc(SC)cc23)CC1. The number of benzene rings is 1. The first-order valence-corrected chi connectivity index (χ1v) is 8.51. The maximum Gasteiger partial charge on any atom is 0.139 e. The molecule has 0 amide bonds. The summed E-state index contributed by atoms with van der Waals surface area (Å²) in [6, 6.07) is 6.39. The van der Waals surface area contributed by atoms with E-state index in [0.29, 0.717) is 5.92 Å². The maximum absolute atomic E-state index is 5.42. The van der Waals surface area contributed by atoms with Gasteiger partial charge in [-0.2, -0.15) is 0 Å². The van der Waals surface area contributed by atoms with E-state index in [9.17, 15) is 0 Å². The van der Waals surface area contributed by atoms with E-state index in [1.165, 1.54) is 4.90 Å². The van der Waals surface area contributed by atoms with Gasteiger partial charge in [-0.15, -0.1) is 24.1 Å². The summed E-state index contributed by atoms with van der Waals surface area (Å²) in [6.45, 7) is 2.06. The minimum Gasteiger partial charge on any atom is -0.356 e. The molecule has 2 aromatic rings. The van der Waals surface area contributed by atoms with Crippen molar-refractivity contribution in [2.24, 2.45) is 5.92 Å². The van der Waals surface area contributed by atoms with E-state index in [1.807, 2.05) is 0 Å². The predicted octanol–water partition coefficient (Wildman–Crippen LogP) is 3.59. The number of anilines is 1. The van der Waals surface area contributed by atoms with Gasteiger partial charge in [-0.3, -0.25) is 0 Å². The molecule has 0 bridgehead atoms. The predicted molar refractivity (Wildman–Crippen MR) is 89.7 cm³/mol. The third-order valence-electron chi connectivity index (χ3n) is 4.14. The molecule has 1 aliphatic heterocycles. The molecule has 2 heterocycles. The fourth-order valence-electron chi connectivity index (χ4n) is 2.92. The highest BCUT2D eigenvalue weighted by Crippen LogP contribution is 2.30. The summed E-state index contributed by atoms with van der Waals surface area (Å²) in [6.07, 6.45) is 12.4. The fraction of sp³-hybridized carbons (Fsp3) is 0.412. The van der Waals surface area contributed by atoms with Gasteiger partial charge < -0.3 is 4.90 Å². The molecule has 3 nitrogen and oxygen atoms in total. The van der Waals surface area contributed by atoms with Crippen molar-refractivity contribution in [2.75, 3.05) is 24.2 Å². The Labute approximate surface area is 130 Å². The molecule has 1 aliphatic rings. The third kappa shape index (κ3) is 2.98. The van der Waals surface area contributed by atoms with Crippen molar-refractivity contribution in [3.63, 3.8) is 0 Å². The summed E-state index contributed by atoms with van der Waals surface area (Å²) in [7, 11) is 0. The summed E-state index contributed by atoms with van der Waals surface area (Å²) in [5.74, 6) is 4.52. The van der Waals surface area contributed by atoms with Crippen LogP contribution < -0.4 is 4.90 Å². The van der Waals surface area contributed by atoms with Crippen LogP contribution in [0.1, 0.15) is 19.3 Å². The zero-order valence-electron chi connectivity index (χ0n) is 12.2. The largest absolute Gasteiger partial charge is 0.356 e. The Kier molecular flexibility index (Phi) is 4.31. The number of terminal acetylenes is 1. The Balaban J connectivity index is 1.89. The van der Waals surface area contributed by atoms with E-state index in [0.717, 1.165) is 49.1 Å². The van der Waals surface area contributed by atoms with Crippen molar-refractivity contribution in [3.05, 3.63) is 24.5 Å². The highest BCUT2D eigenvalue weighted by molar-refractivity contribution is 7.98. The van der Waals surface area contributed by atoms with Gasteiger partial charge in [-0.1, -0.05) is 0 Å². The van der Waals surface area contributed by atoms with Crippen LogP contribution in [-0.2, 0) is 0 Å². The molecule has 0 atom stereocenters. The molecule has 0 aliphatic carbocycles. The van der Waals surface area contributed by atoms with Gasteiger partial charge in [0.25, 0.3) is 0 Å². The lowest BCUT2D eigenvalue weighted by molar-refractivity contribution is 0.413. The van der Waals surface area contributed by atoms with Crippen LogP contribution in [0.3, 0.4) is 0 Å². The molecular formula is C17H19N3S. The number of rotatable bonds is 3. The van der Waals surface area contributed by atoms with Gasteiger partial charge in [0.1, 0.15) is 12.1 Å². The van der Waals surface area contributed by atoms with Gasteiger partial charge in [0, 0.05) is 29.8 Å². The second kappa shape index (κ2) is 6.36. The number of hydrogen-bond donors (Lipinski definition) is 0. The first-order chi connectivity index (χ1) is 10.3. The molecule has 0 radical (unpaired) electrons. The van der Waals surface area contributed by atoms with E-state index in [1.54, 1.807) is 18.1 Å². The van der Waals surface area contributed by atoms with E-state index < -0.39 is 0 Å². The van der Waals surface area contributed by atoms with E-state index >= 15 is 0 Å². The maximum atomic E-state index is 5.42. The lowest BCUT2D eigenvalue weighted by Gasteiger charge is -2.32. The van der Waals surface area contributed by atoms with Gasteiger partial charge in [0.2, 0.25) is 0 Å². The summed E-state index contributed by atoms with van der Waals surface area (Å²) >= 11 is 1.75. The second-order valence-electron chi connectivity index (χ2n) is 5.42. The molecule has 0 spiro atoms. The van der Waals surface area contributed by atoms with Crippen LogP contribution in [0.2, 0.25) is 0 Å². The standard InChI is InChI=1S/C17H19N3S/c1-3-4-13-7-9-20(10-8-13)17-15-11-14(21-2)5-6-16(15)18-12-19-17/h1,5-6,11-13H,4,7-10H2,2H3. The molecule has 1 aromatic carbocycles. The molecule has 4 heteroatoms. The quantitative estimate of drug-likeness (QED) is 0.639. The Morgan fingerprint density at radius 2 is 2.14 bits per heavy atom. The summed E-state index contributed by atoms with van der Waals surface area (Å²) in [4.78, 5) is 12.6. The van der Waals surface area contributed by atoms with Gasteiger partial charge >= 0.3 is 0 Å². The minimum absolute atomic E-state index is 0.668. The van der Waals surface area contributed by atoms with Crippen molar-refractivity contribution in [1.82, 2.24) is 9.97 Å². The van der Waals surface area contributed by atoms with Crippen LogP contribution in [0.4, 0.5) is 5.82 Å². The van der Waals surface area contributed by atoms with Crippen LogP contribution in [0.15, 0.2) is 29.4 Å². The monoisotopic (exact) mass is 297 g/mol. The highest BCUT2D eigenvalue weighted by atomic mass is 32.2. The molecule has 1 fully saturated rings. The van der Waals surface area contributed by atoms with Gasteiger partial charge in [-0.25, -0.2) is 9.97 Å². The summed E-state index contributed by atoms with van der Waals surface area (Å²) < 4.78 is 0. The number of thioether (sulfide) groups is 1. The van der Waals surface area contributed by atoms with Crippen molar-refractivity contribution in [3.8, 4) is 12.3 Å². The average Bonchev–Trinajstić information content (AvgIpc) is 2.55. The van der Waals surface area contributed by atoms with E-state index in [4.69, 9.17) is 6.42 Å². The Hall–Kier alpha value is -1.73. The van der Waals surface area contributed by atoms with Crippen molar-refractivity contribution in [2.45, 2.75) is 24.2 Å². The molecule has 1 aromatic heterocycles. The normalized spacial score (nSPS) is 16.1. The van der Waals surface area contributed by atoms with Crippen LogP contribution in [0.25, 0.3) is 10.9 Å². The number of piperidine rings is 1. The fourth-order valence-corrected chi connectivity index (χ4v) is 3.36. The van der Waals surface area contributed by atoms with Crippen molar-refractivity contribution < 1.29 is 0 Å². The molecular weight excluding hydrogens is 278 g/mol. The zero-order valence-corrected chi connectivity index (χ0v) is 13.1. The van der Waals surface area contributed by atoms with Crippen molar-refractivity contribution >= 4 is 28.5 Å². The van der Waals surface area contributed by atoms with E-state index in [2.05, 4.69) is 45.2 Å². The lowest BCUT2D eigenvalue weighted by atomic mass is 9.94. The van der Waals surface area contributed by atoms with Gasteiger partial charge in [0.05, 0.1) is 5.52 Å². The Bertz CT molecular complexity index is 669. The summed E-state index contributed by atoms with van der Waals surface area (Å²) in [5.41, 5.74) is 1.02. The number of fused-ring (bicyclic) bond motifs is 1. The third-order valence-corrected chi connectivity index (χ3v) is 4.87. The van der Waals surface area contributed by atoms with Crippen molar-refractivity contribution in [1.29, 1.82) is 0 Å². The van der Waals surface area contributed by atoms with Gasteiger partial charge in [-0.05, 0) is 43.2 Å². The lowest BCUT2D eigenvalue weighted by Crippen LogP contribution is -2.34. The Morgan fingerprint density at radius 1 is 1.33 bits per heavy atom. The molecule has 0 N–H and O–H groups in total. The zero-order chi connectivity index (χ0) is 14.7. The number of aromatic nitrogens is 2. The van der Waals surface area contributed by atoms with Crippen LogP contribution in [0.5, 0.6) is 0 Å². The van der Waals surface area contributed by atoms with Crippen LogP contribution in [0, 0.1) is 18.3 Å². The number of hydrogen-bond acceptors (Lipinski definition) is 4. The topological polar surface area (TPSA) is 29.0 Å². The molecule has 0 saturated carbocycles. The molecule has 3 rings (SSSR count). The molecule has 0 unspecified atom stereocenters. The average molecular weight is 297 g/mol. The van der Waals surface area contributed by atoms with E-state index in [-0.39, 0.29) is 0 Å². The first kappa shape index (κ1) is 14.2. The minimum atomic E-state index is 0.668. The highest BCUT2D eigenvalue weighted by Gasteiger charge is 2.21. The first-order valence-electron chi connectivity index (χ1n) is 7.29. The molecule has 21 heavy (non-hydrogen) atoms. The second-order valence-corrected chi connectivity index (χ2v) is 6.30. The molecule has 1 saturated heterocycles. The van der Waals surface area contributed by atoms with Gasteiger partial charge in [0.15, 0.2) is 0 Å². The number of nitrogens with zero attached hydrogens (tertiary/aromatic N) is 3.